The maximum Gasteiger partial charge on any atom is 0.232 e. The highest BCUT2D eigenvalue weighted by atomic mass is 32.2. The van der Waals surface area contributed by atoms with Gasteiger partial charge in [0.25, 0.3) is 0 Å². The monoisotopic (exact) mass is 427 g/mol. The third kappa shape index (κ3) is 4.94. The Bertz CT molecular complexity index is 1130. The Hall–Kier alpha value is -2.58. The fourth-order valence-electron chi connectivity index (χ4n) is 3.96. The maximum atomic E-state index is 12.0. The largest absolute Gasteiger partial charge is 0.381 e. The van der Waals surface area contributed by atoms with E-state index in [1.54, 1.807) is 6.92 Å². The minimum Gasteiger partial charge on any atom is -0.381 e. The van der Waals surface area contributed by atoms with E-state index in [2.05, 4.69) is 49.4 Å². The molecule has 0 amide bonds. The normalized spacial score (nSPS) is 17.9. The van der Waals surface area contributed by atoms with E-state index in [4.69, 9.17) is 0 Å². The Morgan fingerprint density at radius 3 is 2.93 bits per heavy atom. The topological polar surface area (TPSA) is 90.1 Å². The minimum atomic E-state index is -3.28. The van der Waals surface area contributed by atoms with Gasteiger partial charge < -0.3 is 5.32 Å². The molecule has 1 atom stereocenters. The van der Waals surface area contributed by atoms with Crippen LogP contribution < -0.4 is 10.0 Å². The maximum absolute atomic E-state index is 12.0. The van der Waals surface area contributed by atoms with Crippen LogP contribution in [0.2, 0.25) is 0 Å². The van der Waals surface area contributed by atoms with Crippen LogP contribution in [-0.4, -0.2) is 48.4 Å². The van der Waals surface area contributed by atoms with Crippen molar-refractivity contribution in [3.63, 3.8) is 0 Å². The van der Waals surface area contributed by atoms with Gasteiger partial charge in [0.2, 0.25) is 10.0 Å². The number of nitrogens with zero attached hydrogens (tertiary/aromatic N) is 2. The van der Waals surface area contributed by atoms with Crippen molar-refractivity contribution in [2.45, 2.75) is 39.3 Å². The molecule has 3 N–H and O–H groups in total. The zero-order valence-electron chi connectivity index (χ0n) is 17.5. The van der Waals surface area contributed by atoms with Crippen LogP contribution in [0.25, 0.3) is 10.9 Å². The van der Waals surface area contributed by atoms with Crippen LogP contribution in [0.5, 0.6) is 0 Å². The Morgan fingerprint density at radius 2 is 2.10 bits per heavy atom. The molecule has 30 heavy (non-hydrogen) atoms. The number of hydrogen-bond acceptors (Lipinski definition) is 5. The quantitative estimate of drug-likeness (QED) is 0.535. The van der Waals surface area contributed by atoms with Crippen LogP contribution in [0.3, 0.4) is 0 Å². The van der Waals surface area contributed by atoms with Crippen molar-refractivity contribution in [2.75, 3.05) is 28.9 Å². The first kappa shape index (κ1) is 20.7. The van der Waals surface area contributed by atoms with Crippen molar-refractivity contribution in [1.29, 1.82) is 0 Å². The number of benzene rings is 2. The van der Waals surface area contributed by atoms with Gasteiger partial charge in [-0.05, 0) is 68.6 Å². The lowest BCUT2D eigenvalue weighted by molar-refractivity contribution is 0.208. The highest BCUT2D eigenvalue weighted by Crippen LogP contribution is 2.23. The average molecular weight is 428 g/mol. The molecule has 1 aliphatic heterocycles. The van der Waals surface area contributed by atoms with Gasteiger partial charge in [0.15, 0.2) is 0 Å². The molecule has 7 nitrogen and oxygen atoms in total. The minimum absolute atomic E-state index is 0.0702. The molecule has 4 rings (SSSR count). The van der Waals surface area contributed by atoms with Crippen LogP contribution in [0.4, 0.5) is 11.4 Å². The first-order valence-corrected chi connectivity index (χ1v) is 12.1. The van der Waals surface area contributed by atoms with Crippen molar-refractivity contribution in [1.82, 2.24) is 15.1 Å². The molecule has 0 saturated carbocycles. The zero-order valence-corrected chi connectivity index (χ0v) is 18.3. The molecule has 0 bridgehead atoms. The Labute approximate surface area is 177 Å². The summed E-state index contributed by atoms with van der Waals surface area (Å²) in [6.45, 7) is 6.37. The highest BCUT2D eigenvalue weighted by molar-refractivity contribution is 7.92. The number of fused-ring (bicyclic) bond motifs is 1. The number of piperidine rings is 1. The van der Waals surface area contributed by atoms with Gasteiger partial charge in [-0.15, -0.1) is 0 Å². The van der Waals surface area contributed by atoms with E-state index in [0.29, 0.717) is 11.7 Å². The summed E-state index contributed by atoms with van der Waals surface area (Å²) in [5.41, 5.74) is 4.88. The van der Waals surface area contributed by atoms with Crippen LogP contribution in [0.1, 0.15) is 30.9 Å². The SMILES string of the molecule is CCS(=O)(=O)Nc1cc(CN2CCCC(Nc3ccc4[nH]ncc4c3)C2)ccc1C. The summed E-state index contributed by atoms with van der Waals surface area (Å²) >= 11 is 0. The lowest BCUT2D eigenvalue weighted by Crippen LogP contribution is -2.41. The van der Waals surface area contributed by atoms with E-state index in [1.807, 2.05) is 25.3 Å². The van der Waals surface area contributed by atoms with Gasteiger partial charge in [-0.1, -0.05) is 12.1 Å². The molecule has 160 valence electrons. The van der Waals surface area contributed by atoms with Gasteiger partial charge in [-0.3, -0.25) is 14.7 Å². The second kappa shape index (κ2) is 8.65. The lowest BCUT2D eigenvalue weighted by Gasteiger charge is -2.34. The van der Waals surface area contributed by atoms with Gasteiger partial charge in [-0.25, -0.2) is 8.42 Å². The first-order chi connectivity index (χ1) is 14.4. The molecule has 1 saturated heterocycles. The fourth-order valence-corrected chi connectivity index (χ4v) is 4.66. The number of aromatic amines is 1. The van der Waals surface area contributed by atoms with Gasteiger partial charge in [0, 0.05) is 30.2 Å². The Kier molecular flexibility index (Phi) is 5.97. The number of sulfonamides is 1. The molecule has 3 aromatic rings. The average Bonchev–Trinajstić information content (AvgIpc) is 3.18. The summed E-state index contributed by atoms with van der Waals surface area (Å²) in [5, 5.41) is 11.8. The standard InChI is InChI=1S/C22H29N5O2S/c1-3-30(28,29)26-22-11-17(7-6-16(22)2)14-27-10-4-5-20(15-27)24-19-8-9-21-18(12-19)13-23-25-21/h6-9,11-13,20,24,26H,3-5,10,14-15H2,1-2H3,(H,23,25). The smallest absolute Gasteiger partial charge is 0.232 e. The van der Waals surface area contributed by atoms with Gasteiger partial charge in [0.1, 0.15) is 0 Å². The number of aromatic nitrogens is 2. The molecular weight excluding hydrogens is 398 g/mol. The Morgan fingerprint density at radius 1 is 1.23 bits per heavy atom. The number of nitrogens with one attached hydrogen (secondary N) is 3. The van der Waals surface area contributed by atoms with E-state index >= 15 is 0 Å². The lowest BCUT2D eigenvalue weighted by atomic mass is 10.0. The molecule has 1 aromatic heterocycles. The summed E-state index contributed by atoms with van der Waals surface area (Å²) in [6, 6.07) is 12.7. The molecule has 0 spiro atoms. The number of aryl methyl sites for hydroxylation is 1. The highest BCUT2D eigenvalue weighted by Gasteiger charge is 2.20. The summed E-state index contributed by atoms with van der Waals surface area (Å²) in [6.07, 6.45) is 4.11. The van der Waals surface area contributed by atoms with Crippen LogP contribution in [-0.2, 0) is 16.6 Å². The van der Waals surface area contributed by atoms with Crippen LogP contribution in [0.15, 0.2) is 42.6 Å². The third-order valence-electron chi connectivity index (χ3n) is 5.67. The van der Waals surface area contributed by atoms with Crippen molar-refractivity contribution in [2.24, 2.45) is 0 Å². The van der Waals surface area contributed by atoms with Crippen molar-refractivity contribution < 1.29 is 8.42 Å². The number of rotatable bonds is 7. The van der Waals surface area contributed by atoms with Crippen LogP contribution >= 0.6 is 0 Å². The molecule has 1 fully saturated rings. The molecule has 2 aromatic carbocycles. The second-order valence-corrected chi connectivity index (χ2v) is 10.1. The van der Waals surface area contributed by atoms with E-state index in [-0.39, 0.29) is 5.75 Å². The van der Waals surface area contributed by atoms with Crippen molar-refractivity contribution in [3.8, 4) is 0 Å². The summed E-state index contributed by atoms with van der Waals surface area (Å²) in [4.78, 5) is 2.43. The number of hydrogen-bond donors (Lipinski definition) is 3. The number of likely N-dealkylation sites (tertiary alicyclic amines) is 1. The third-order valence-corrected chi connectivity index (χ3v) is 6.96. The molecular formula is C22H29N5O2S. The van der Waals surface area contributed by atoms with E-state index in [0.717, 1.165) is 60.2 Å². The van der Waals surface area contributed by atoms with Crippen molar-refractivity contribution >= 4 is 32.3 Å². The van der Waals surface area contributed by atoms with Gasteiger partial charge in [0.05, 0.1) is 23.2 Å². The predicted octanol–water partition coefficient (Wildman–Crippen LogP) is 3.71. The van der Waals surface area contributed by atoms with E-state index < -0.39 is 10.0 Å². The number of H-pyrrole nitrogens is 1. The summed E-state index contributed by atoms with van der Waals surface area (Å²) < 4.78 is 26.6. The molecule has 1 aliphatic rings. The van der Waals surface area contributed by atoms with Gasteiger partial charge in [-0.2, -0.15) is 5.10 Å². The van der Waals surface area contributed by atoms with Gasteiger partial charge >= 0.3 is 0 Å². The molecule has 1 unspecified atom stereocenters. The fraction of sp³-hybridized carbons (Fsp3) is 0.409. The zero-order chi connectivity index (χ0) is 21.1. The number of anilines is 2. The summed E-state index contributed by atoms with van der Waals surface area (Å²) in [5.74, 6) is 0.0702. The Balaban J connectivity index is 1.41. The van der Waals surface area contributed by atoms with E-state index in [9.17, 15) is 8.42 Å². The van der Waals surface area contributed by atoms with Crippen LogP contribution in [0, 0.1) is 6.92 Å². The van der Waals surface area contributed by atoms with E-state index in [1.165, 1.54) is 0 Å². The molecule has 0 radical (unpaired) electrons. The predicted molar refractivity (Wildman–Crippen MR) is 122 cm³/mol. The first-order valence-electron chi connectivity index (χ1n) is 10.4. The summed E-state index contributed by atoms with van der Waals surface area (Å²) in [7, 11) is -3.28. The molecule has 2 heterocycles. The molecule has 0 aliphatic carbocycles. The van der Waals surface area contributed by atoms with Crippen molar-refractivity contribution in [3.05, 3.63) is 53.7 Å². The second-order valence-electron chi connectivity index (χ2n) is 8.05. The molecule has 8 heteroatoms.